The van der Waals surface area contributed by atoms with E-state index in [1.165, 1.54) is 16.0 Å². The number of aryl methyl sites for hydroxylation is 1. The number of nitrogens with one attached hydrogen (secondary N) is 1. The zero-order valence-electron chi connectivity index (χ0n) is 16.7. The molecule has 1 amide bonds. The number of quaternary nitrogens is 1. The van der Waals surface area contributed by atoms with Crippen LogP contribution in [0.25, 0.3) is 0 Å². The summed E-state index contributed by atoms with van der Waals surface area (Å²) in [6.45, 7) is 3.03. The largest absolute Gasteiger partial charge is 0.378 e. The molecule has 0 spiro atoms. The smallest absolute Gasteiger partial charge is 0.275 e. The van der Waals surface area contributed by atoms with Crippen molar-refractivity contribution in [3.05, 3.63) is 87.6 Å². The van der Waals surface area contributed by atoms with Gasteiger partial charge in [0.2, 0.25) is 0 Å². The fourth-order valence-electron chi connectivity index (χ4n) is 3.07. The third-order valence-electron chi connectivity index (χ3n) is 4.77. The highest BCUT2D eigenvalue weighted by Crippen LogP contribution is 2.23. The number of nitrogens with two attached hydrogens (primary N) is 1. The van der Waals surface area contributed by atoms with Crippen molar-refractivity contribution in [2.75, 3.05) is 25.5 Å². The van der Waals surface area contributed by atoms with Gasteiger partial charge in [0.05, 0.1) is 4.88 Å². The Labute approximate surface area is 171 Å². The topological polar surface area (TPSA) is 49.0 Å². The third kappa shape index (κ3) is 5.44. The molecule has 2 aromatic carbocycles. The molecule has 3 aromatic rings. The van der Waals surface area contributed by atoms with Gasteiger partial charge < -0.3 is 15.5 Å². The van der Waals surface area contributed by atoms with E-state index in [4.69, 9.17) is 0 Å². The number of anilines is 1. The van der Waals surface area contributed by atoms with Gasteiger partial charge in [-0.05, 0) is 36.1 Å². The lowest BCUT2D eigenvalue weighted by Crippen LogP contribution is -2.87. The van der Waals surface area contributed by atoms with Gasteiger partial charge in [-0.3, -0.25) is 4.79 Å². The van der Waals surface area contributed by atoms with Crippen molar-refractivity contribution >= 4 is 22.9 Å². The van der Waals surface area contributed by atoms with E-state index in [0.717, 1.165) is 11.3 Å². The third-order valence-corrected chi connectivity index (χ3v) is 5.72. The van der Waals surface area contributed by atoms with Crippen molar-refractivity contribution in [2.45, 2.75) is 19.5 Å². The quantitative estimate of drug-likeness (QED) is 0.617. The SMILES string of the molecule is Cc1ccc([C@H]([NH2+]CC(=O)NCc2ccc(N(C)C)cc2)c2cccs2)cc1. The van der Waals surface area contributed by atoms with Crippen LogP contribution in [0.4, 0.5) is 5.69 Å². The molecule has 28 heavy (non-hydrogen) atoms. The number of benzene rings is 2. The van der Waals surface area contributed by atoms with Gasteiger partial charge in [0.1, 0.15) is 6.04 Å². The van der Waals surface area contributed by atoms with Gasteiger partial charge in [-0.1, -0.05) is 48.0 Å². The normalized spacial score (nSPS) is 11.8. The molecule has 3 rings (SSSR count). The lowest BCUT2D eigenvalue weighted by atomic mass is 10.0. The van der Waals surface area contributed by atoms with Crippen molar-refractivity contribution in [3.63, 3.8) is 0 Å². The van der Waals surface area contributed by atoms with Crippen molar-refractivity contribution in [1.82, 2.24) is 5.32 Å². The van der Waals surface area contributed by atoms with Gasteiger partial charge in [-0.25, -0.2) is 0 Å². The van der Waals surface area contributed by atoms with Crippen molar-refractivity contribution in [1.29, 1.82) is 0 Å². The van der Waals surface area contributed by atoms with Gasteiger partial charge in [0, 0.05) is 31.9 Å². The van der Waals surface area contributed by atoms with E-state index < -0.39 is 0 Å². The summed E-state index contributed by atoms with van der Waals surface area (Å²) in [6, 6.07) is 21.1. The lowest BCUT2D eigenvalue weighted by Gasteiger charge is -2.15. The van der Waals surface area contributed by atoms with Crippen LogP contribution in [-0.4, -0.2) is 26.5 Å². The van der Waals surface area contributed by atoms with Crippen molar-refractivity contribution < 1.29 is 10.1 Å². The van der Waals surface area contributed by atoms with E-state index >= 15 is 0 Å². The van der Waals surface area contributed by atoms with Crippen LogP contribution >= 0.6 is 11.3 Å². The molecule has 3 N–H and O–H groups in total. The standard InChI is InChI=1S/C23H27N3OS/c1-17-6-10-19(11-7-17)23(21-5-4-14-28-21)25-16-22(27)24-15-18-8-12-20(13-9-18)26(2)3/h4-14,23,25H,15-16H2,1-3H3,(H,24,27)/p+1/t23-/m0/s1. The number of rotatable bonds is 8. The zero-order chi connectivity index (χ0) is 19.9. The zero-order valence-corrected chi connectivity index (χ0v) is 17.5. The maximum Gasteiger partial charge on any atom is 0.275 e. The first-order valence-corrected chi connectivity index (χ1v) is 10.4. The number of thiophene rings is 1. The Morgan fingerprint density at radius 3 is 2.39 bits per heavy atom. The van der Waals surface area contributed by atoms with E-state index in [1.807, 2.05) is 14.1 Å². The number of carbonyl (C=O) groups is 1. The Morgan fingerprint density at radius 1 is 1.07 bits per heavy atom. The second-order valence-corrected chi connectivity index (χ2v) is 8.16. The Bertz CT molecular complexity index is 871. The van der Waals surface area contributed by atoms with E-state index in [0.29, 0.717) is 13.1 Å². The monoisotopic (exact) mass is 394 g/mol. The van der Waals surface area contributed by atoms with Crippen LogP contribution in [0.5, 0.6) is 0 Å². The molecule has 0 saturated heterocycles. The second-order valence-electron chi connectivity index (χ2n) is 7.18. The van der Waals surface area contributed by atoms with Crippen LogP contribution in [-0.2, 0) is 11.3 Å². The maximum absolute atomic E-state index is 12.4. The van der Waals surface area contributed by atoms with E-state index in [2.05, 4.69) is 88.5 Å². The Balaban J connectivity index is 1.57. The Kier molecular flexibility index (Phi) is 6.85. The van der Waals surface area contributed by atoms with E-state index in [9.17, 15) is 4.79 Å². The molecule has 0 unspecified atom stereocenters. The highest BCUT2D eigenvalue weighted by atomic mass is 32.1. The van der Waals surface area contributed by atoms with Crippen LogP contribution in [0.3, 0.4) is 0 Å². The van der Waals surface area contributed by atoms with Gasteiger partial charge in [-0.15, -0.1) is 11.3 Å². The Hall–Kier alpha value is -2.63. The molecule has 1 atom stereocenters. The Morgan fingerprint density at radius 2 is 1.79 bits per heavy atom. The molecule has 0 aliphatic rings. The number of carbonyl (C=O) groups excluding carboxylic acids is 1. The number of amides is 1. The van der Waals surface area contributed by atoms with Crippen LogP contribution < -0.4 is 15.5 Å². The van der Waals surface area contributed by atoms with Crippen LogP contribution in [0.2, 0.25) is 0 Å². The van der Waals surface area contributed by atoms with Crippen molar-refractivity contribution in [2.24, 2.45) is 0 Å². The molecule has 1 aromatic heterocycles. The van der Waals surface area contributed by atoms with E-state index in [-0.39, 0.29) is 11.9 Å². The molecule has 0 aliphatic heterocycles. The first-order chi connectivity index (χ1) is 13.5. The molecule has 0 bridgehead atoms. The molecule has 146 valence electrons. The first kappa shape index (κ1) is 20.1. The van der Waals surface area contributed by atoms with E-state index in [1.54, 1.807) is 11.3 Å². The molecule has 0 saturated carbocycles. The lowest BCUT2D eigenvalue weighted by molar-refractivity contribution is -0.676. The molecule has 0 radical (unpaired) electrons. The number of nitrogens with zero attached hydrogens (tertiary/aromatic N) is 1. The summed E-state index contributed by atoms with van der Waals surface area (Å²) in [5.74, 6) is 0.0466. The summed E-state index contributed by atoms with van der Waals surface area (Å²) < 4.78 is 0. The second kappa shape index (κ2) is 9.53. The maximum atomic E-state index is 12.4. The predicted molar refractivity (Wildman–Crippen MR) is 117 cm³/mol. The average molecular weight is 395 g/mol. The fraction of sp³-hybridized carbons (Fsp3) is 0.261. The van der Waals surface area contributed by atoms with Gasteiger partial charge >= 0.3 is 0 Å². The molecule has 5 heteroatoms. The van der Waals surface area contributed by atoms with Gasteiger partial charge in [-0.2, -0.15) is 0 Å². The van der Waals surface area contributed by atoms with Gasteiger partial charge in [0.15, 0.2) is 6.54 Å². The minimum atomic E-state index is 0.0466. The average Bonchev–Trinajstić information content (AvgIpc) is 3.22. The number of hydrogen-bond acceptors (Lipinski definition) is 3. The highest BCUT2D eigenvalue weighted by molar-refractivity contribution is 7.10. The molecule has 0 aliphatic carbocycles. The number of hydrogen-bond donors (Lipinski definition) is 2. The summed E-state index contributed by atoms with van der Waals surface area (Å²) in [7, 11) is 4.04. The van der Waals surface area contributed by atoms with Gasteiger partial charge in [0.25, 0.3) is 5.91 Å². The minimum absolute atomic E-state index is 0.0466. The summed E-state index contributed by atoms with van der Waals surface area (Å²) in [6.07, 6.45) is 0. The van der Waals surface area contributed by atoms with Crippen LogP contribution in [0, 0.1) is 6.92 Å². The first-order valence-electron chi connectivity index (χ1n) is 9.49. The highest BCUT2D eigenvalue weighted by Gasteiger charge is 2.19. The van der Waals surface area contributed by atoms with Crippen molar-refractivity contribution in [3.8, 4) is 0 Å². The molecule has 4 nitrogen and oxygen atoms in total. The molecular weight excluding hydrogens is 366 g/mol. The summed E-state index contributed by atoms with van der Waals surface area (Å²) in [5.41, 5.74) is 4.72. The van der Waals surface area contributed by atoms with Crippen LogP contribution in [0.1, 0.15) is 27.6 Å². The minimum Gasteiger partial charge on any atom is -0.378 e. The summed E-state index contributed by atoms with van der Waals surface area (Å²) in [4.78, 5) is 15.7. The summed E-state index contributed by atoms with van der Waals surface area (Å²) >= 11 is 1.73. The predicted octanol–water partition coefficient (Wildman–Crippen LogP) is 3.09. The summed E-state index contributed by atoms with van der Waals surface area (Å²) in [5, 5.41) is 7.23. The molecule has 1 heterocycles. The molecular formula is C23H28N3OS+. The fourth-order valence-corrected chi connectivity index (χ4v) is 3.92. The molecule has 0 fully saturated rings. The van der Waals surface area contributed by atoms with Crippen LogP contribution in [0.15, 0.2) is 66.0 Å².